The maximum atomic E-state index is 12.1. The van der Waals surface area contributed by atoms with Crippen LogP contribution in [-0.4, -0.2) is 53.4 Å². The summed E-state index contributed by atoms with van der Waals surface area (Å²) in [6, 6.07) is 0. The molecule has 0 unspecified atom stereocenters. The Kier molecular flexibility index (Phi) is 5.51. The van der Waals surface area contributed by atoms with Gasteiger partial charge in [-0.1, -0.05) is 0 Å². The highest BCUT2D eigenvalue weighted by molar-refractivity contribution is 7.89. The predicted octanol–water partition coefficient (Wildman–Crippen LogP) is -1.59. The first kappa shape index (κ1) is 15.4. The molecule has 0 aromatic rings. The summed E-state index contributed by atoms with van der Waals surface area (Å²) in [5.41, 5.74) is 5.07. The van der Waals surface area contributed by atoms with Gasteiger partial charge >= 0.3 is 0 Å². The van der Waals surface area contributed by atoms with Crippen molar-refractivity contribution in [2.45, 2.75) is 12.8 Å². The second-order valence-corrected chi connectivity index (χ2v) is 6.42. The Morgan fingerprint density at radius 3 is 2.50 bits per heavy atom. The summed E-state index contributed by atoms with van der Waals surface area (Å²) in [5, 5.41) is 2.64. The molecule has 1 heterocycles. The van der Waals surface area contributed by atoms with E-state index in [0.29, 0.717) is 26.1 Å². The van der Waals surface area contributed by atoms with Gasteiger partial charge in [-0.05, 0) is 19.9 Å². The summed E-state index contributed by atoms with van der Waals surface area (Å²) in [4.78, 5) is 12.1. The quantitative estimate of drug-likeness (QED) is 0.543. The van der Waals surface area contributed by atoms with Crippen LogP contribution >= 0.6 is 0 Å². The van der Waals surface area contributed by atoms with E-state index >= 15 is 0 Å². The molecule has 4 N–H and O–H groups in total. The summed E-state index contributed by atoms with van der Waals surface area (Å²) < 4.78 is 29.8. The van der Waals surface area contributed by atoms with E-state index in [1.54, 1.807) is 0 Å². The van der Waals surface area contributed by atoms with Crippen LogP contribution in [0, 0.1) is 5.41 Å². The standard InChI is InChI=1S/C10H21N3O4S/c1-12-18(15,16)7-4-13-9(14)10(8-11)2-5-17-6-3-10/h12H,2-8,11H2,1H3,(H,13,14). The molecular formula is C10H21N3O4S. The Morgan fingerprint density at radius 1 is 1.39 bits per heavy atom. The van der Waals surface area contributed by atoms with E-state index < -0.39 is 15.4 Å². The fourth-order valence-corrected chi connectivity index (χ4v) is 2.45. The largest absolute Gasteiger partial charge is 0.381 e. The van der Waals surface area contributed by atoms with Crippen molar-refractivity contribution in [3.05, 3.63) is 0 Å². The SMILES string of the molecule is CNS(=O)(=O)CCNC(=O)C1(CN)CCOCC1. The fourth-order valence-electron chi connectivity index (χ4n) is 1.87. The number of nitrogens with two attached hydrogens (primary N) is 1. The number of rotatable bonds is 6. The van der Waals surface area contributed by atoms with Crippen LogP contribution in [0.1, 0.15) is 12.8 Å². The summed E-state index contributed by atoms with van der Waals surface area (Å²) in [7, 11) is -1.95. The van der Waals surface area contributed by atoms with E-state index in [-0.39, 0.29) is 24.7 Å². The molecule has 1 rings (SSSR count). The average molecular weight is 279 g/mol. The number of hydrogen-bond donors (Lipinski definition) is 3. The fraction of sp³-hybridized carbons (Fsp3) is 0.900. The first-order chi connectivity index (χ1) is 8.46. The molecule has 1 amide bonds. The van der Waals surface area contributed by atoms with Gasteiger partial charge in [0.2, 0.25) is 15.9 Å². The van der Waals surface area contributed by atoms with E-state index in [9.17, 15) is 13.2 Å². The lowest BCUT2D eigenvalue weighted by Gasteiger charge is -2.34. The molecule has 7 nitrogen and oxygen atoms in total. The van der Waals surface area contributed by atoms with Gasteiger partial charge in [-0.2, -0.15) is 0 Å². The minimum absolute atomic E-state index is 0.0879. The van der Waals surface area contributed by atoms with Gasteiger partial charge < -0.3 is 15.8 Å². The summed E-state index contributed by atoms with van der Waals surface area (Å²) in [6.45, 7) is 1.37. The highest BCUT2D eigenvalue weighted by Gasteiger charge is 2.38. The third kappa shape index (κ3) is 3.91. The molecule has 18 heavy (non-hydrogen) atoms. The van der Waals surface area contributed by atoms with Crippen molar-refractivity contribution in [2.24, 2.45) is 11.1 Å². The van der Waals surface area contributed by atoms with Crippen molar-refractivity contribution in [3.8, 4) is 0 Å². The minimum Gasteiger partial charge on any atom is -0.381 e. The zero-order chi connectivity index (χ0) is 13.6. The molecule has 8 heteroatoms. The lowest BCUT2D eigenvalue weighted by Crippen LogP contribution is -2.50. The maximum absolute atomic E-state index is 12.1. The molecule has 0 radical (unpaired) electrons. The van der Waals surface area contributed by atoms with Crippen LogP contribution in [0.4, 0.5) is 0 Å². The lowest BCUT2D eigenvalue weighted by molar-refractivity contribution is -0.135. The number of nitrogens with one attached hydrogen (secondary N) is 2. The Bertz CT molecular complexity index is 377. The van der Waals surface area contributed by atoms with Gasteiger partial charge in [0.25, 0.3) is 0 Å². The Balaban J connectivity index is 2.48. The van der Waals surface area contributed by atoms with Crippen LogP contribution < -0.4 is 15.8 Å². The molecule has 0 aromatic carbocycles. The van der Waals surface area contributed by atoms with Gasteiger partial charge in [-0.15, -0.1) is 0 Å². The summed E-state index contributed by atoms with van der Waals surface area (Å²) in [6.07, 6.45) is 1.15. The van der Waals surface area contributed by atoms with E-state index in [1.807, 2.05) is 0 Å². The van der Waals surface area contributed by atoms with Gasteiger partial charge in [-0.3, -0.25) is 4.79 Å². The number of carbonyl (C=O) groups is 1. The second kappa shape index (κ2) is 6.46. The second-order valence-electron chi connectivity index (χ2n) is 4.38. The monoisotopic (exact) mass is 279 g/mol. The molecule has 1 aliphatic rings. The highest BCUT2D eigenvalue weighted by Crippen LogP contribution is 2.29. The molecule has 0 spiro atoms. The predicted molar refractivity (Wildman–Crippen MR) is 67.4 cm³/mol. The van der Waals surface area contributed by atoms with E-state index in [4.69, 9.17) is 10.5 Å². The van der Waals surface area contributed by atoms with Crippen LogP contribution in [0.2, 0.25) is 0 Å². The zero-order valence-corrected chi connectivity index (χ0v) is 11.4. The first-order valence-corrected chi connectivity index (χ1v) is 7.58. The van der Waals surface area contributed by atoms with Gasteiger partial charge in [0, 0.05) is 26.3 Å². The van der Waals surface area contributed by atoms with Crippen molar-refractivity contribution in [1.82, 2.24) is 10.0 Å². The maximum Gasteiger partial charge on any atom is 0.227 e. The molecule has 0 aliphatic carbocycles. The molecule has 0 aromatic heterocycles. The average Bonchev–Trinajstić information content (AvgIpc) is 2.39. The Labute approximate surface area is 107 Å². The van der Waals surface area contributed by atoms with Gasteiger partial charge in [0.05, 0.1) is 11.2 Å². The van der Waals surface area contributed by atoms with Crippen molar-refractivity contribution in [3.63, 3.8) is 0 Å². The third-order valence-corrected chi connectivity index (χ3v) is 4.65. The minimum atomic E-state index is -3.29. The van der Waals surface area contributed by atoms with E-state index in [1.165, 1.54) is 7.05 Å². The summed E-state index contributed by atoms with van der Waals surface area (Å²) >= 11 is 0. The van der Waals surface area contributed by atoms with E-state index in [2.05, 4.69) is 10.0 Å². The Morgan fingerprint density at radius 2 is 2.00 bits per heavy atom. The van der Waals surface area contributed by atoms with Crippen molar-refractivity contribution >= 4 is 15.9 Å². The zero-order valence-electron chi connectivity index (χ0n) is 10.6. The lowest BCUT2D eigenvalue weighted by atomic mass is 9.79. The Hall–Kier alpha value is -0.700. The number of ether oxygens (including phenoxy) is 1. The molecule has 1 aliphatic heterocycles. The van der Waals surface area contributed by atoms with Crippen LogP contribution in [0.25, 0.3) is 0 Å². The number of amides is 1. The smallest absolute Gasteiger partial charge is 0.227 e. The summed E-state index contributed by atoms with van der Waals surface area (Å²) in [5.74, 6) is -0.313. The normalized spacial score (nSPS) is 19.4. The van der Waals surface area contributed by atoms with Crippen molar-refractivity contribution in [2.75, 3.05) is 39.1 Å². The van der Waals surface area contributed by atoms with Crippen molar-refractivity contribution in [1.29, 1.82) is 0 Å². The number of hydrogen-bond acceptors (Lipinski definition) is 5. The van der Waals surface area contributed by atoms with Gasteiger partial charge in [0.15, 0.2) is 0 Å². The van der Waals surface area contributed by atoms with Crippen LogP contribution in [0.3, 0.4) is 0 Å². The highest BCUT2D eigenvalue weighted by atomic mass is 32.2. The van der Waals surface area contributed by atoms with Gasteiger partial charge in [0.1, 0.15) is 0 Å². The number of carbonyl (C=O) groups excluding carboxylic acids is 1. The molecule has 1 saturated heterocycles. The van der Waals surface area contributed by atoms with Crippen LogP contribution in [0.15, 0.2) is 0 Å². The van der Waals surface area contributed by atoms with Crippen LogP contribution in [-0.2, 0) is 19.6 Å². The van der Waals surface area contributed by atoms with Gasteiger partial charge in [-0.25, -0.2) is 13.1 Å². The molecular weight excluding hydrogens is 258 g/mol. The molecule has 0 bridgehead atoms. The molecule has 0 saturated carbocycles. The third-order valence-electron chi connectivity index (χ3n) is 3.29. The number of sulfonamides is 1. The van der Waals surface area contributed by atoms with Crippen LogP contribution in [0.5, 0.6) is 0 Å². The topological polar surface area (TPSA) is 111 Å². The molecule has 0 atom stereocenters. The van der Waals surface area contributed by atoms with Crippen molar-refractivity contribution < 1.29 is 17.9 Å². The molecule has 1 fully saturated rings. The first-order valence-electron chi connectivity index (χ1n) is 5.93. The van der Waals surface area contributed by atoms with E-state index in [0.717, 1.165) is 0 Å². The molecule has 106 valence electrons.